The van der Waals surface area contributed by atoms with Gasteiger partial charge in [0.05, 0.1) is 10.8 Å². The van der Waals surface area contributed by atoms with Crippen LogP contribution in [0.1, 0.15) is 33.1 Å². The van der Waals surface area contributed by atoms with E-state index < -0.39 is 4.92 Å². The Hall–Kier alpha value is -2.64. The quantitative estimate of drug-likeness (QED) is 0.453. The summed E-state index contributed by atoms with van der Waals surface area (Å²) in [6.45, 7) is 4.64. The lowest BCUT2D eigenvalue weighted by Crippen LogP contribution is -2.39. The summed E-state index contributed by atoms with van der Waals surface area (Å²) >= 11 is 0. The number of nitro benzene ring substituents is 1. The number of ether oxygens (including phenoxy) is 1. The molecule has 1 aromatic rings. The summed E-state index contributed by atoms with van der Waals surface area (Å²) in [4.78, 5) is 36.5. The lowest BCUT2D eigenvalue weighted by molar-refractivity contribution is -0.384. The third-order valence-electron chi connectivity index (χ3n) is 4.61. The Balaban J connectivity index is 1.84. The van der Waals surface area contributed by atoms with Crippen LogP contribution in [0.4, 0.5) is 11.4 Å². The van der Waals surface area contributed by atoms with Crippen molar-refractivity contribution >= 4 is 23.3 Å². The maximum absolute atomic E-state index is 12.1. The smallest absolute Gasteiger partial charge is 0.309 e. The Morgan fingerprint density at radius 2 is 2.00 bits per heavy atom. The lowest BCUT2D eigenvalue weighted by atomic mass is 9.96. The summed E-state index contributed by atoms with van der Waals surface area (Å²) in [6, 6.07) is 6.64. The molecule has 1 aromatic carbocycles. The maximum atomic E-state index is 12.1. The summed E-state index contributed by atoms with van der Waals surface area (Å²) in [7, 11) is 0. The van der Waals surface area contributed by atoms with Crippen LogP contribution in [0.15, 0.2) is 24.3 Å². The van der Waals surface area contributed by atoms with E-state index >= 15 is 0 Å². The molecule has 142 valence electrons. The van der Waals surface area contributed by atoms with Crippen LogP contribution in [0.2, 0.25) is 0 Å². The number of nitro groups is 1. The Morgan fingerprint density at radius 3 is 2.62 bits per heavy atom. The molecular formula is C18H25N3O5. The number of nitrogens with one attached hydrogen (secondary N) is 1. The number of esters is 1. The highest BCUT2D eigenvalue weighted by Crippen LogP contribution is 2.31. The number of anilines is 1. The minimum Gasteiger partial charge on any atom is -0.455 e. The van der Waals surface area contributed by atoms with Gasteiger partial charge in [0, 0.05) is 25.2 Å². The summed E-state index contributed by atoms with van der Waals surface area (Å²) in [5, 5.41) is 13.9. The molecule has 0 saturated carbocycles. The second-order valence-corrected chi connectivity index (χ2v) is 6.49. The van der Waals surface area contributed by atoms with Gasteiger partial charge in [-0.3, -0.25) is 19.7 Å². The van der Waals surface area contributed by atoms with Gasteiger partial charge in [0.15, 0.2) is 6.61 Å². The number of carbonyl (C=O) groups excluding carboxylic acids is 2. The first-order valence-corrected chi connectivity index (χ1v) is 8.86. The van der Waals surface area contributed by atoms with E-state index in [1.807, 2.05) is 18.7 Å². The zero-order chi connectivity index (χ0) is 19.1. The molecule has 0 radical (unpaired) electrons. The molecule has 0 aliphatic carbocycles. The fraction of sp³-hybridized carbons (Fsp3) is 0.556. The Kier molecular flexibility index (Phi) is 6.94. The van der Waals surface area contributed by atoms with Crippen molar-refractivity contribution in [3.8, 4) is 0 Å². The summed E-state index contributed by atoms with van der Waals surface area (Å²) in [5.74, 6) is -0.970. The predicted molar refractivity (Wildman–Crippen MR) is 96.9 cm³/mol. The SMILES string of the molecule is CC[C@@H](C)NC(=O)COC(=O)C1CCN(c2ccccc2[N+](=O)[O-])CC1. The largest absolute Gasteiger partial charge is 0.455 e. The van der Waals surface area contributed by atoms with Crippen molar-refractivity contribution < 1.29 is 19.2 Å². The number of hydrogen-bond donors (Lipinski definition) is 1. The van der Waals surface area contributed by atoms with Gasteiger partial charge in [-0.2, -0.15) is 0 Å². The molecular weight excluding hydrogens is 338 g/mol. The van der Waals surface area contributed by atoms with Crippen LogP contribution in [-0.2, 0) is 14.3 Å². The summed E-state index contributed by atoms with van der Waals surface area (Å²) in [6.07, 6.45) is 1.89. The van der Waals surface area contributed by atoms with E-state index in [9.17, 15) is 19.7 Å². The summed E-state index contributed by atoms with van der Waals surface area (Å²) in [5.41, 5.74) is 0.632. The molecule has 8 heteroatoms. The van der Waals surface area contributed by atoms with E-state index in [1.54, 1.807) is 18.2 Å². The molecule has 1 fully saturated rings. The first-order valence-electron chi connectivity index (χ1n) is 8.86. The number of piperidine rings is 1. The number of para-hydroxylation sites is 2. The highest BCUT2D eigenvalue weighted by Gasteiger charge is 2.29. The number of amides is 1. The predicted octanol–water partition coefficient (Wildman–Crippen LogP) is 2.27. The van der Waals surface area contributed by atoms with Crippen molar-refractivity contribution in [3.63, 3.8) is 0 Å². The van der Waals surface area contributed by atoms with Crippen molar-refractivity contribution in [2.75, 3.05) is 24.6 Å². The van der Waals surface area contributed by atoms with Gasteiger partial charge in [-0.05, 0) is 32.3 Å². The monoisotopic (exact) mass is 363 g/mol. The minimum atomic E-state index is -0.397. The molecule has 0 bridgehead atoms. The molecule has 1 N–H and O–H groups in total. The van der Waals surface area contributed by atoms with Crippen molar-refractivity contribution in [2.45, 2.75) is 39.2 Å². The minimum absolute atomic E-state index is 0.0473. The molecule has 2 rings (SSSR count). The second kappa shape index (κ2) is 9.17. The van der Waals surface area contributed by atoms with Crippen molar-refractivity contribution in [2.24, 2.45) is 5.92 Å². The number of rotatable bonds is 7. The standard InChI is InChI=1S/C18H25N3O5/c1-3-13(2)19-17(22)12-26-18(23)14-8-10-20(11-9-14)15-6-4-5-7-16(15)21(24)25/h4-7,13-14H,3,8-12H2,1-2H3,(H,19,22)/t13-/m1/s1. The van der Waals surface area contributed by atoms with Crippen LogP contribution >= 0.6 is 0 Å². The van der Waals surface area contributed by atoms with E-state index in [-0.39, 0.29) is 36.1 Å². The first kappa shape index (κ1) is 19.7. The average Bonchev–Trinajstić information content (AvgIpc) is 2.66. The number of carbonyl (C=O) groups is 2. The van der Waals surface area contributed by atoms with E-state index in [0.29, 0.717) is 31.6 Å². The topological polar surface area (TPSA) is 102 Å². The molecule has 1 amide bonds. The second-order valence-electron chi connectivity index (χ2n) is 6.49. The maximum Gasteiger partial charge on any atom is 0.309 e. The van der Waals surface area contributed by atoms with Crippen LogP contribution < -0.4 is 10.2 Å². The van der Waals surface area contributed by atoms with Crippen molar-refractivity contribution in [1.29, 1.82) is 0 Å². The molecule has 0 aromatic heterocycles. The normalized spacial score (nSPS) is 16.0. The lowest BCUT2D eigenvalue weighted by Gasteiger charge is -2.32. The number of benzene rings is 1. The molecule has 1 heterocycles. The van der Waals surface area contributed by atoms with E-state index in [1.165, 1.54) is 6.07 Å². The van der Waals surface area contributed by atoms with Gasteiger partial charge in [0.25, 0.3) is 11.6 Å². The summed E-state index contributed by atoms with van der Waals surface area (Å²) < 4.78 is 5.11. The zero-order valence-electron chi connectivity index (χ0n) is 15.1. The van der Waals surface area contributed by atoms with Gasteiger partial charge in [-0.25, -0.2) is 0 Å². The van der Waals surface area contributed by atoms with Crippen LogP contribution in [-0.4, -0.2) is 42.5 Å². The van der Waals surface area contributed by atoms with Gasteiger partial charge in [0.1, 0.15) is 5.69 Å². The van der Waals surface area contributed by atoms with Gasteiger partial charge < -0.3 is 15.0 Å². The zero-order valence-corrected chi connectivity index (χ0v) is 15.1. The highest BCUT2D eigenvalue weighted by atomic mass is 16.6. The fourth-order valence-corrected chi connectivity index (χ4v) is 2.92. The van der Waals surface area contributed by atoms with E-state index in [4.69, 9.17) is 4.74 Å². The molecule has 1 aliphatic heterocycles. The van der Waals surface area contributed by atoms with Gasteiger partial charge >= 0.3 is 5.97 Å². The Labute approximate surface area is 152 Å². The van der Waals surface area contributed by atoms with Gasteiger partial charge in [-0.1, -0.05) is 19.1 Å². The van der Waals surface area contributed by atoms with E-state index in [2.05, 4.69) is 5.32 Å². The van der Waals surface area contributed by atoms with Crippen molar-refractivity contribution in [1.82, 2.24) is 5.32 Å². The molecule has 26 heavy (non-hydrogen) atoms. The fourth-order valence-electron chi connectivity index (χ4n) is 2.92. The van der Waals surface area contributed by atoms with Crippen LogP contribution in [0.25, 0.3) is 0 Å². The number of hydrogen-bond acceptors (Lipinski definition) is 6. The third kappa shape index (κ3) is 5.18. The molecule has 1 saturated heterocycles. The van der Waals surface area contributed by atoms with Crippen molar-refractivity contribution in [3.05, 3.63) is 34.4 Å². The molecule has 1 aliphatic rings. The number of nitrogens with zero attached hydrogens (tertiary/aromatic N) is 2. The third-order valence-corrected chi connectivity index (χ3v) is 4.61. The van der Waals surface area contributed by atoms with Gasteiger partial charge in [0.2, 0.25) is 0 Å². The molecule has 0 spiro atoms. The van der Waals surface area contributed by atoms with Gasteiger partial charge in [-0.15, -0.1) is 0 Å². The molecule has 8 nitrogen and oxygen atoms in total. The van der Waals surface area contributed by atoms with Crippen LogP contribution in [0, 0.1) is 16.0 Å². The Bertz CT molecular complexity index is 656. The molecule has 1 atom stereocenters. The molecule has 0 unspecified atom stereocenters. The van der Waals surface area contributed by atoms with Crippen LogP contribution in [0.3, 0.4) is 0 Å². The average molecular weight is 363 g/mol. The highest BCUT2D eigenvalue weighted by molar-refractivity contribution is 5.81. The first-order chi connectivity index (χ1) is 12.4. The Morgan fingerprint density at radius 1 is 1.35 bits per heavy atom. The van der Waals surface area contributed by atoms with Crippen LogP contribution in [0.5, 0.6) is 0 Å². The van der Waals surface area contributed by atoms with E-state index in [0.717, 1.165) is 6.42 Å².